The Morgan fingerprint density at radius 2 is 1.67 bits per heavy atom. The molecule has 0 unspecified atom stereocenters. The molecule has 1 rings (SSSR count). The van der Waals surface area contributed by atoms with Gasteiger partial charge in [-0.05, 0) is 36.7 Å². The highest BCUT2D eigenvalue weighted by Gasteiger charge is 2.28. The van der Waals surface area contributed by atoms with E-state index in [0.717, 1.165) is 0 Å². The zero-order chi connectivity index (χ0) is 16.0. The van der Waals surface area contributed by atoms with Gasteiger partial charge >= 0.3 is 0 Å². The molecule has 0 aliphatic carbocycles. The van der Waals surface area contributed by atoms with Crippen molar-refractivity contribution >= 4 is 18.0 Å². The largest absolute Gasteiger partial charge is 0.352 e. The lowest BCUT2D eigenvalue weighted by Crippen LogP contribution is -2.54. The minimum atomic E-state index is 0.217. The molecule has 0 bridgehead atoms. The van der Waals surface area contributed by atoms with Gasteiger partial charge in [0.15, 0.2) is 0 Å². The molecule has 21 heavy (non-hydrogen) atoms. The highest BCUT2D eigenvalue weighted by molar-refractivity contribution is 6.76. The SMILES string of the molecule is C=CB(c1ccccc1N(C)/C=C/C)N(C(C)C)C(C)C. The van der Waals surface area contributed by atoms with Gasteiger partial charge in [0, 0.05) is 12.7 Å². The summed E-state index contributed by atoms with van der Waals surface area (Å²) in [6, 6.07) is 9.51. The van der Waals surface area contributed by atoms with Gasteiger partial charge in [0.05, 0.1) is 0 Å². The van der Waals surface area contributed by atoms with Gasteiger partial charge in [-0.25, -0.2) is 0 Å². The minimum Gasteiger partial charge on any atom is -0.352 e. The summed E-state index contributed by atoms with van der Waals surface area (Å²) in [5.41, 5.74) is 2.53. The van der Waals surface area contributed by atoms with E-state index in [0.29, 0.717) is 12.1 Å². The zero-order valence-corrected chi connectivity index (χ0v) is 14.4. The standard InChI is InChI=1S/C18H29BN2/c1-8-14-20(7)18-13-11-10-12-17(18)19(9-2)21(15(3)4)16(5)6/h8-16H,2H2,1,3-7H3/b14-8+. The number of hydrogen-bond donors (Lipinski definition) is 0. The lowest BCUT2D eigenvalue weighted by atomic mass is 9.52. The van der Waals surface area contributed by atoms with Crippen molar-refractivity contribution in [2.45, 2.75) is 46.7 Å². The number of benzene rings is 1. The smallest absolute Gasteiger partial charge is 0.286 e. The van der Waals surface area contributed by atoms with Crippen LogP contribution in [0, 0.1) is 0 Å². The van der Waals surface area contributed by atoms with Crippen molar-refractivity contribution in [1.29, 1.82) is 0 Å². The molecule has 3 heteroatoms. The molecule has 0 fully saturated rings. The summed E-state index contributed by atoms with van der Waals surface area (Å²) >= 11 is 0. The van der Waals surface area contributed by atoms with Crippen molar-refractivity contribution in [3.8, 4) is 0 Å². The van der Waals surface area contributed by atoms with E-state index < -0.39 is 0 Å². The van der Waals surface area contributed by atoms with E-state index in [1.165, 1.54) is 11.2 Å². The number of hydrogen-bond acceptors (Lipinski definition) is 2. The van der Waals surface area contributed by atoms with Crippen LogP contribution in [0.4, 0.5) is 5.69 Å². The Labute approximate surface area is 131 Å². The van der Waals surface area contributed by atoms with E-state index in [4.69, 9.17) is 0 Å². The number of rotatable bonds is 7. The fraction of sp³-hybridized carbons (Fsp3) is 0.444. The molecule has 0 saturated carbocycles. The summed E-state index contributed by atoms with van der Waals surface area (Å²) < 4.78 is 0. The molecule has 0 radical (unpaired) electrons. The highest BCUT2D eigenvalue weighted by atomic mass is 15.1. The summed E-state index contributed by atoms with van der Waals surface area (Å²) in [4.78, 5) is 4.67. The molecule has 0 aliphatic heterocycles. The first-order valence-corrected chi connectivity index (χ1v) is 7.78. The first-order chi connectivity index (χ1) is 9.93. The summed E-state index contributed by atoms with van der Waals surface area (Å²) in [6.07, 6.45) is 4.15. The van der Waals surface area contributed by atoms with Crippen LogP contribution in [0.2, 0.25) is 0 Å². The zero-order valence-electron chi connectivity index (χ0n) is 14.4. The normalized spacial score (nSPS) is 11.7. The molecule has 0 aromatic heterocycles. The summed E-state index contributed by atoms with van der Waals surface area (Å²) in [5.74, 6) is 2.06. The van der Waals surface area contributed by atoms with E-state index in [2.05, 4.69) is 93.5 Å². The fourth-order valence-corrected chi connectivity index (χ4v) is 3.01. The third-order valence-corrected chi connectivity index (χ3v) is 3.75. The second kappa shape index (κ2) is 8.09. The molecule has 1 aromatic carbocycles. The summed E-state index contributed by atoms with van der Waals surface area (Å²) in [7, 11) is 2.09. The Morgan fingerprint density at radius 3 is 2.14 bits per heavy atom. The van der Waals surface area contributed by atoms with Crippen LogP contribution in [0.3, 0.4) is 0 Å². The van der Waals surface area contributed by atoms with Crippen LogP contribution in [-0.2, 0) is 0 Å². The molecule has 0 spiro atoms. The lowest BCUT2D eigenvalue weighted by molar-refractivity contribution is 0.309. The minimum absolute atomic E-state index is 0.217. The van der Waals surface area contributed by atoms with Gasteiger partial charge in [-0.15, -0.1) is 12.6 Å². The van der Waals surface area contributed by atoms with Crippen molar-refractivity contribution in [2.75, 3.05) is 11.9 Å². The Bertz CT molecular complexity index is 472. The molecule has 114 valence electrons. The molecule has 0 atom stereocenters. The predicted molar refractivity (Wildman–Crippen MR) is 97.4 cm³/mol. The van der Waals surface area contributed by atoms with Crippen LogP contribution in [0.5, 0.6) is 0 Å². The molecule has 0 N–H and O–H groups in total. The Hall–Kier alpha value is -1.48. The average Bonchev–Trinajstić information content (AvgIpc) is 2.44. The molecule has 0 amide bonds. The average molecular weight is 284 g/mol. The van der Waals surface area contributed by atoms with E-state index >= 15 is 0 Å². The molecule has 0 aliphatic rings. The maximum atomic E-state index is 4.09. The van der Waals surface area contributed by atoms with Crippen LogP contribution < -0.4 is 10.4 Å². The number of allylic oxidation sites excluding steroid dienone is 1. The molecule has 0 saturated heterocycles. The maximum absolute atomic E-state index is 4.09. The van der Waals surface area contributed by atoms with Crippen molar-refractivity contribution in [1.82, 2.24) is 4.81 Å². The second-order valence-electron chi connectivity index (χ2n) is 5.97. The lowest BCUT2D eigenvalue weighted by Gasteiger charge is -2.36. The van der Waals surface area contributed by atoms with Gasteiger partial charge in [0.2, 0.25) is 0 Å². The molecular weight excluding hydrogens is 255 g/mol. The van der Waals surface area contributed by atoms with E-state index in [1.807, 2.05) is 6.92 Å². The number of nitrogens with zero attached hydrogens (tertiary/aromatic N) is 2. The molecular formula is C18H29BN2. The van der Waals surface area contributed by atoms with E-state index in [1.54, 1.807) is 0 Å². The number of anilines is 1. The third-order valence-electron chi connectivity index (χ3n) is 3.75. The van der Waals surface area contributed by atoms with Gasteiger partial charge in [-0.3, -0.25) is 0 Å². The van der Waals surface area contributed by atoms with Crippen LogP contribution in [0.25, 0.3) is 0 Å². The van der Waals surface area contributed by atoms with Gasteiger partial charge in [0.1, 0.15) is 0 Å². The van der Waals surface area contributed by atoms with Crippen LogP contribution in [-0.4, -0.2) is 30.8 Å². The Kier molecular flexibility index (Phi) is 6.77. The van der Waals surface area contributed by atoms with Crippen molar-refractivity contribution in [2.24, 2.45) is 0 Å². The van der Waals surface area contributed by atoms with Gasteiger partial charge in [-0.2, -0.15) is 0 Å². The first-order valence-electron chi connectivity index (χ1n) is 7.78. The molecule has 1 aromatic rings. The number of para-hydroxylation sites is 1. The Balaban J connectivity index is 3.31. The predicted octanol–water partition coefficient (Wildman–Crippen LogP) is 3.70. The fourth-order valence-electron chi connectivity index (χ4n) is 3.01. The molecule has 2 nitrogen and oxygen atoms in total. The monoisotopic (exact) mass is 284 g/mol. The maximum Gasteiger partial charge on any atom is 0.286 e. The van der Waals surface area contributed by atoms with Gasteiger partial charge in [-0.1, -0.05) is 52.0 Å². The van der Waals surface area contributed by atoms with Crippen LogP contribution in [0.1, 0.15) is 34.6 Å². The quantitative estimate of drug-likeness (QED) is 0.704. The second-order valence-corrected chi connectivity index (χ2v) is 5.97. The summed E-state index contributed by atoms with van der Waals surface area (Å²) in [6.45, 7) is 15.3. The molecule has 0 heterocycles. The van der Waals surface area contributed by atoms with Crippen LogP contribution in [0.15, 0.2) is 49.1 Å². The van der Waals surface area contributed by atoms with E-state index in [9.17, 15) is 0 Å². The van der Waals surface area contributed by atoms with Gasteiger partial charge in [0.25, 0.3) is 6.85 Å². The van der Waals surface area contributed by atoms with Crippen molar-refractivity contribution in [3.63, 3.8) is 0 Å². The summed E-state index contributed by atoms with van der Waals surface area (Å²) in [5, 5.41) is 0. The third kappa shape index (κ3) is 4.24. The van der Waals surface area contributed by atoms with Crippen LogP contribution >= 0.6 is 0 Å². The first kappa shape index (κ1) is 17.6. The van der Waals surface area contributed by atoms with Crippen molar-refractivity contribution in [3.05, 3.63) is 49.1 Å². The highest BCUT2D eigenvalue weighted by Crippen LogP contribution is 2.16. The van der Waals surface area contributed by atoms with Gasteiger partial charge < -0.3 is 9.71 Å². The van der Waals surface area contributed by atoms with Crippen molar-refractivity contribution < 1.29 is 0 Å². The van der Waals surface area contributed by atoms with E-state index in [-0.39, 0.29) is 6.85 Å². The topological polar surface area (TPSA) is 6.48 Å². The Morgan fingerprint density at radius 1 is 1.10 bits per heavy atom.